The van der Waals surface area contributed by atoms with Crippen molar-refractivity contribution in [3.05, 3.63) is 70.2 Å². The van der Waals surface area contributed by atoms with Crippen molar-refractivity contribution in [2.45, 2.75) is 20.8 Å². The summed E-state index contributed by atoms with van der Waals surface area (Å²) in [5, 5.41) is 8.37. The zero-order chi connectivity index (χ0) is 20.1. The van der Waals surface area contributed by atoms with Crippen LogP contribution in [-0.2, 0) is 4.74 Å². The smallest absolute Gasteiger partial charge is 0.338 e. The second kappa shape index (κ2) is 8.67. The number of thiazole rings is 1. The molecule has 0 saturated heterocycles. The molecule has 28 heavy (non-hydrogen) atoms. The Balaban J connectivity index is 1.64. The highest BCUT2D eigenvalue weighted by Crippen LogP contribution is 2.24. The molecule has 3 rings (SSSR count). The van der Waals surface area contributed by atoms with Crippen LogP contribution in [-0.4, -0.2) is 23.5 Å². The highest BCUT2D eigenvalue weighted by Gasteiger charge is 2.13. The Morgan fingerprint density at radius 2 is 1.86 bits per heavy atom. The molecule has 2 N–H and O–H groups in total. The van der Waals surface area contributed by atoms with Crippen LogP contribution in [0.5, 0.6) is 0 Å². The molecule has 0 aliphatic rings. The van der Waals surface area contributed by atoms with Crippen LogP contribution in [0.15, 0.2) is 47.8 Å². The number of nitrogens with one attached hydrogen (secondary N) is 2. The van der Waals surface area contributed by atoms with E-state index in [-0.39, 0.29) is 11.9 Å². The largest absolute Gasteiger partial charge is 0.462 e. The number of ether oxygens (including phenoxy) is 1. The van der Waals surface area contributed by atoms with E-state index in [1.54, 1.807) is 36.6 Å². The third kappa shape index (κ3) is 4.75. The fourth-order valence-electron chi connectivity index (χ4n) is 2.60. The maximum atomic E-state index is 12.4. The van der Waals surface area contributed by atoms with Gasteiger partial charge in [-0.05, 0) is 56.7 Å². The fraction of sp³-hybridized carbons (Fsp3) is 0.190. The second-order valence-electron chi connectivity index (χ2n) is 6.23. The van der Waals surface area contributed by atoms with Gasteiger partial charge in [0.05, 0.1) is 12.2 Å². The predicted octanol–water partition coefficient (Wildman–Crippen LogP) is 4.93. The number of hydrogen-bond acceptors (Lipinski definition) is 6. The average molecular weight is 395 g/mol. The van der Waals surface area contributed by atoms with Gasteiger partial charge in [0, 0.05) is 16.8 Å². The van der Waals surface area contributed by atoms with E-state index in [0.29, 0.717) is 28.7 Å². The summed E-state index contributed by atoms with van der Waals surface area (Å²) in [6.07, 6.45) is 0. The molecular weight excluding hydrogens is 374 g/mol. The van der Waals surface area contributed by atoms with Crippen molar-refractivity contribution in [2.75, 3.05) is 17.2 Å². The standard InChI is InChI=1S/C21H21N3O3S/c1-4-27-20(26)15-6-8-16(9-7-15)22-19(25)18-12-28-21(24-18)23-17-10-5-13(2)11-14(17)3/h5-12H,4H2,1-3H3,(H,22,25)(H,23,24). The zero-order valence-electron chi connectivity index (χ0n) is 15.9. The molecule has 0 unspecified atom stereocenters. The van der Waals surface area contributed by atoms with Gasteiger partial charge < -0.3 is 15.4 Å². The molecule has 1 heterocycles. The van der Waals surface area contributed by atoms with Crippen molar-refractivity contribution < 1.29 is 14.3 Å². The van der Waals surface area contributed by atoms with Crippen molar-refractivity contribution in [1.29, 1.82) is 0 Å². The molecule has 0 spiro atoms. The number of esters is 1. The number of aromatic nitrogens is 1. The number of aryl methyl sites for hydroxylation is 2. The summed E-state index contributed by atoms with van der Waals surface area (Å²) in [5.74, 6) is -0.698. The predicted molar refractivity (Wildman–Crippen MR) is 112 cm³/mol. The maximum Gasteiger partial charge on any atom is 0.338 e. The summed E-state index contributed by atoms with van der Waals surface area (Å²) in [6, 6.07) is 12.7. The molecule has 1 amide bonds. The summed E-state index contributed by atoms with van der Waals surface area (Å²) in [4.78, 5) is 28.5. The van der Waals surface area contributed by atoms with Gasteiger partial charge in [-0.25, -0.2) is 9.78 Å². The first-order valence-corrected chi connectivity index (χ1v) is 9.72. The van der Waals surface area contributed by atoms with Crippen LogP contribution in [0.25, 0.3) is 0 Å². The maximum absolute atomic E-state index is 12.4. The first-order chi connectivity index (χ1) is 13.5. The SMILES string of the molecule is CCOC(=O)c1ccc(NC(=O)c2csc(Nc3ccc(C)cc3C)n2)cc1. The van der Waals surface area contributed by atoms with Crippen molar-refractivity contribution in [1.82, 2.24) is 4.98 Å². The summed E-state index contributed by atoms with van der Waals surface area (Å²) in [6.45, 7) is 6.14. The van der Waals surface area contributed by atoms with E-state index in [4.69, 9.17) is 4.74 Å². The van der Waals surface area contributed by atoms with Crippen LogP contribution in [0, 0.1) is 13.8 Å². The summed E-state index contributed by atoms with van der Waals surface area (Å²) < 4.78 is 4.94. The van der Waals surface area contributed by atoms with Gasteiger partial charge in [0.25, 0.3) is 5.91 Å². The number of amides is 1. The van der Waals surface area contributed by atoms with E-state index in [1.807, 2.05) is 26.0 Å². The summed E-state index contributed by atoms with van der Waals surface area (Å²) >= 11 is 1.36. The average Bonchev–Trinajstić information content (AvgIpc) is 3.14. The minimum atomic E-state index is -0.387. The highest BCUT2D eigenvalue weighted by atomic mass is 32.1. The molecular formula is C21H21N3O3S. The van der Waals surface area contributed by atoms with Gasteiger partial charge in [0.2, 0.25) is 0 Å². The Kier molecular flexibility index (Phi) is 6.06. The van der Waals surface area contributed by atoms with Crippen molar-refractivity contribution in [2.24, 2.45) is 0 Å². The van der Waals surface area contributed by atoms with Crippen LogP contribution in [0.1, 0.15) is 38.9 Å². The lowest BCUT2D eigenvalue weighted by molar-refractivity contribution is 0.0526. The lowest BCUT2D eigenvalue weighted by Crippen LogP contribution is -2.12. The molecule has 3 aromatic rings. The zero-order valence-corrected chi connectivity index (χ0v) is 16.7. The molecule has 0 saturated carbocycles. The molecule has 144 valence electrons. The van der Waals surface area contributed by atoms with E-state index in [2.05, 4.69) is 21.7 Å². The van der Waals surface area contributed by atoms with Crippen molar-refractivity contribution in [3.63, 3.8) is 0 Å². The number of anilines is 3. The molecule has 0 bridgehead atoms. The summed E-state index contributed by atoms with van der Waals surface area (Å²) in [5.41, 5.74) is 4.61. The van der Waals surface area contributed by atoms with Crippen LogP contribution in [0.2, 0.25) is 0 Å². The molecule has 0 atom stereocenters. The highest BCUT2D eigenvalue weighted by molar-refractivity contribution is 7.14. The minimum absolute atomic E-state index is 0.311. The normalized spacial score (nSPS) is 10.4. The van der Waals surface area contributed by atoms with E-state index in [1.165, 1.54) is 16.9 Å². The molecule has 0 fully saturated rings. The summed E-state index contributed by atoms with van der Waals surface area (Å²) in [7, 11) is 0. The van der Waals surface area contributed by atoms with Gasteiger partial charge in [0.15, 0.2) is 5.13 Å². The molecule has 0 aliphatic heterocycles. The third-order valence-corrected chi connectivity index (χ3v) is 4.77. The van der Waals surface area contributed by atoms with Crippen LogP contribution >= 0.6 is 11.3 Å². The quantitative estimate of drug-likeness (QED) is 0.578. The van der Waals surface area contributed by atoms with E-state index in [0.717, 1.165) is 11.3 Å². The lowest BCUT2D eigenvalue weighted by Gasteiger charge is -2.07. The van der Waals surface area contributed by atoms with Crippen molar-refractivity contribution in [3.8, 4) is 0 Å². The van der Waals surface area contributed by atoms with Crippen LogP contribution in [0.4, 0.5) is 16.5 Å². The van der Waals surface area contributed by atoms with Gasteiger partial charge in [-0.15, -0.1) is 11.3 Å². The van der Waals surface area contributed by atoms with E-state index < -0.39 is 0 Å². The van der Waals surface area contributed by atoms with Gasteiger partial charge in [-0.1, -0.05) is 17.7 Å². The Morgan fingerprint density at radius 1 is 1.11 bits per heavy atom. The lowest BCUT2D eigenvalue weighted by atomic mass is 10.1. The number of carbonyl (C=O) groups is 2. The Hall–Kier alpha value is -3.19. The second-order valence-corrected chi connectivity index (χ2v) is 7.09. The van der Waals surface area contributed by atoms with Gasteiger partial charge in [-0.2, -0.15) is 0 Å². The van der Waals surface area contributed by atoms with Crippen LogP contribution in [0.3, 0.4) is 0 Å². The van der Waals surface area contributed by atoms with Gasteiger partial charge in [0.1, 0.15) is 5.69 Å². The monoisotopic (exact) mass is 395 g/mol. The topological polar surface area (TPSA) is 80.3 Å². The number of nitrogens with zero attached hydrogens (tertiary/aromatic N) is 1. The Morgan fingerprint density at radius 3 is 2.54 bits per heavy atom. The van der Waals surface area contributed by atoms with Gasteiger partial charge >= 0.3 is 5.97 Å². The van der Waals surface area contributed by atoms with Crippen LogP contribution < -0.4 is 10.6 Å². The number of rotatable bonds is 6. The number of hydrogen-bond donors (Lipinski definition) is 2. The molecule has 0 radical (unpaired) electrons. The Labute approximate surface area is 167 Å². The van der Waals surface area contributed by atoms with Crippen molar-refractivity contribution >= 4 is 39.7 Å². The fourth-order valence-corrected chi connectivity index (χ4v) is 3.31. The molecule has 0 aliphatic carbocycles. The van der Waals surface area contributed by atoms with E-state index in [9.17, 15) is 9.59 Å². The molecule has 6 nitrogen and oxygen atoms in total. The van der Waals surface area contributed by atoms with Gasteiger partial charge in [-0.3, -0.25) is 4.79 Å². The number of benzene rings is 2. The number of carbonyl (C=O) groups excluding carboxylic acids is 2. The van der Waals surface area contributed by atoms with E-state index >= 15 is 0 Å². The Bertz CT molecular complexity index is 996. The molecule has 7 heteroatoms. The third-order valence-electron chi connectivity index (χ3n) is 4.01. The molecule has 1 aromatic heterocycles. The first kappa shape index (κ1) is 19.6. The minimum Gasteiger partial charge on any atom is -0.462 e. The molecule has 2 aromatic carbocycles. The first-order valence-electron chi connectivity index (χ1n) is 8.84.